The first-order chi connectivity index (χ1) is 16.4. The van der Waals surface area contributed by atoms with Crippen molar-refractivity contribution >= 4 is 11.9 Å². The predicted octanol–water partition coefficient (Wildman–Crippen LogP) is 2.81. The summed E-state index contributed by atoms with van der Waals surface area (Å²) in [5, 5.41) is 2.97. The van der Waals surface area contributed by atoms with Crippen LogP contribution >= 0.6 is 0 Å². The minimum atomic E-state index is -0.897. The number of benzene rings is 2. The van der Waals surface area contributed by atoms with Gasteiger partial charge in [0.2, 0.25) is 0 Å². The minimum absolute atomic E-state index is 0.0863. The fourth-order valence-electron chi connectivity index (χ4n) is 5.65. The van der Waals surface area contributed by atoms with Crippen LogP contribution < -0.4 is 16.2 Å². The summed E-state index contributed by atoms with van der Waals surface area (Å²) >= 11 is 0. The SMILES string of the molecule is CC1(C2CCN(CC3CNNC3c3ccccc3)CC2)NC(=O)N(Cc2ccc(F)cc2)C1=O. The highest BCUT2D eigenvalue weighted by Gasteiger charge is 2.52. The number of hydrazine groups is 1. The summed E-state index contributed by atoms with van der Waals surface area (Å²) in [4.78, 5) is 29.7. The van der Waals surface area contributed by atoms with Crippen molar-refractivity contribution in [2.75, 3.05) is 26.2 Å². The van der Waals surface area contributed by atoms with Crippen LogP contribution in [0.3, 0.4) is 0 Å². The maximum Gasteiger partial charge on any atom is 0.325 e. The molecule has 7 nitrogen and oxygen atoms in total. The Morgan fingerprint density at radius 3 is 2.44 bits per heavy atom. The smallest absolute Gasteiger partial charge is 0.323 e. The van der Waals surface area contributed by atoms with Gasteiger partial charge in [-0.2, -0.15) is 0 Å². The number of rotatable bonds is 6. The van der Waals surface area contributed by atoms with E-state index in [0.29, 0.717) is 5.92 Å². The van der Waals surface area contributed by atoms with E-state index in [9.17, 15) is 14.0 Å². The van der Waals surface area contributed by atoms with Crippen molar-refractivity contribution in [2.24, 2.45) is 11.8 Å². The fourth-order valence-corrected chi connectivity index (χ4v) is 5.65. The van der Waals surface area contributed by atoms with Gasteiger partial charge in [-0.3, -0.25) is 15.1 Å². The van der Waals surface area contributed by atoms with E-state index >= 15 is 0 Å². The third-order valence-electron chi connectivity index (χ3n) is 7.70. The Morgan fingerprint density at radius 2 is 1.74 bits per heavy atom. The zero-order valence-electron chi connectivity index (χ0n) is 19.5. The molecule has 3 atom stereocenters. The van der Waals surface area contributed by atoms with Crippen molar-refractivity contribution in [2.45, 2.75) is 37.9 Å². The number of hydrogen-bond donors (Lipinski definition) is 3. The van der Waals surface area contributed by atoms with Gasteiger partial charge < -0.3 is 10.2 Å². The molecule has 3 aliphatic rings. The first-order valence-electron chi connectivity index (χ1n) is 12.1. The van der Waals surface area contributed by atoms with Crippen molar-refractivity contribution in [3.8, 4) is 0 Å². The van der Waals surface area contributed by atoms with E-state index < -0.39 is 5.54 Å². The summed E-state index contributed by atoms with van der Waals surface area (Å²) in [5.41, 5.74) is 7.86. The Kier molecular flexibility index (Phi) is 6.38. The maximum atomic E-state index is 13.3. The van der Waals surface area contributed by atoms with Gasteiger partial charge in [0.25, 0.3) is 5.91 Å². The van der Waals surface area contributed by atoms with E-state index in [2.05, 4.69) is 45.3 Å². The number of likely N-dealkylation sites (tertiary alicyclic amines) is 1. The molecule has 180 valence electrons. The summed E-state index contributed by atoms with van der Waals surface area (Å²) in [5.74, 6) is 0.0298. The lowest BCUT2D eigenvalue weighted by atomic mass is 9.78. The van der Waals surface area contributed by atoms with Gasteiger partial charge in [0.15, 0.2) is 0 Å². The molecule has 0 bridgehead atoms. The molecule has 3 unspecified atom stereocenters. The van der Waals surface area contributed by atoms with Crippen LogP contribution in [0.1, 0.15) is 36.9 Å². The fraction of sp³-hybridized carbons (Fsp3) is 0.462. The second-order valence-electron chi connectivity index (χ2n) is 9.90. The molecule has 3 N–H and O–H groups in total. The topological polar surface area (TPSA) is 76.7 Å². The van der Waals surface area contributed by atoms with Crippen LogP contribution in [0.15, 0.2) is 54.6 Å². The summed E-state index contributed by atoms with van der Waals surface area (Å²) in [6.07, 6.45) is 1.72. The summed E-state index contributed by atoms with van der Waals surface area (Å²) < 4.78 is 13.2. The van der Waals surface area contributed by atoms with Crippen molar-refractivity contribution in [3.05, 3.63) is 71.5 Å². The van der Waals surface area contributed by atoms with Crippen LogP contribution in [0.2, 0.25) is 0 Å². The van der Waals surface area contributed by atoms with Gasteiger partial charge in [0.1, 0.15) is 11.4 Å². The number of piperidine rings is 1. The molecule has 0 aliphatic carbocycles. The molecule has 0 aromatic heterocycles. The Balaban J connectivity index is 1.18. The van der Waals surface area contributed by atoms with Crippen molar-refractivity contribution in [1.29, 1.82) is 0 Å². The minimum Gasteiger partial charge on any atom is -0.323 e. The molecular weight excluding hydrogens is 433 g/mol. The van der Waals surface area contributed by atoms with Crippen LogP contribution in [0.25, 0.3) is 0 Å². The van der Waals surface area contributed by atoms with E-state index in [4.69, 9.17) is 0 Å². The molecule has 2 aromatic rings. The molecule has 3 saturated heterocycles. The van der Waals surface area contributed by atoms with Crippen LogP contribution in [0.5, 0.6) is 0 Å². The number of carbonyl (C=O) groups excluding carboxylic acids is 2. The molecule has 34 heavy (non-hydrogen) atoms. The number of nitrogens with one attached hydrogen (secondary N) is 3. The molecule has 2 aromatic carbocycles. The van der Waals surface area contributed by atoms with Crippen molar-refractivity contribution < 1.29 is 14.0 Å². The number of carbonyl (C=O) groups is 2. The normalized spacial score (nSPS) is 28.5. The van der Waals surface area contributed by atoms with Gasteiger partial charge >= 0.3 is 6.03 Å². The molecule has 3 aliphatic heterocycles. The quantitative estimate of drug-likeness (QED) is 0.572. The van der Waals surface area contributed by atoms with Gasteiger partial charge in [0, 0.05) is 19.0 Å². The van der Waals surface area contributed by atoms with Gasteiger partial charge in [0.05, 0.1) is 12.6 Å². The highest BCUT2D eigenvalue weighted by molar-refractivity contribution is 6.06. The van der Waals surface area contributed by atoms with Gasteiger partial charge in [-0.25, -0.2) is 14.6 Å². The zero-order chi connectivity index (χ0) is 23.7. The first-order valence-corrected chi connectivity index (χ1v) is 12.1. The average Bonchev–Trinajstić information content (AvgIpc) is 3.40. The zero-order valence-corrected chi connectivity index (χ0v) is 19.5. The second kappa shape index (κ2) is 9.44. The lowest BCUT2D eigenvalue weighted by molar-refractivity contribution is -0.133. The number of urea groups is 1. The number of nitrogens with zero attached hydrogens (tertiary/aromatic N) is 2. The molecule has 5 rings (SSSR count). The first kappa shape index (κ1) is 23.0. The number of amides is 3. The number of halogens is 1. The van der Waals surface area contributed by atoms with E-state index in [1.165, 1.54) is 22.6 Å². The van der Waals surface area contributed by atoms with Crippen LogP contribution in [0, 0.1) is 17.7 Å². The lowest BCUT2D eigenvalue weighted by Crippen LogP contribution is -2.54. The molecule has 3 amide bonds. The standard InChI is InChI=1S/C26H32FN5O2/c1-26(24(33)32(25(34)29-26)16-18-7-9-22(27)10-8-18)21-11-13-31(14-12-21)17-20-15-28-30-23(20)19-5-3-2-4-6-19/h2-10,20-21,23,28,30H,11-17H2,1H3,(H,29,34). The molecule has 8 heteroatoms. The van der Waals surface area contributed by atoms with E-state index in [1.54, 1.807) is 12.1 Å². The Morgan fingerprint density at radius 1 is 1.03 bits per heavy atom. The third kappa shape index (κ3) is 4.45. The van der Waals surface area contributed by atoms with E-state index in [1.807, 2.05) is 13.0 Å². The maximum absolute atomic E-state index is 13.3. The van der Waals surface area contributed by atoms with Crippen molar-refractivity contribution in [3.63, 3.8) is 0 Å². The van der Waals surface area contributed by atoms with Gasteiger partial charge in [-0.15, -0.1) is 0 Å². The highest BCUT2D eigenvalue weighted by Crippen LogP contribution is 2.35. The predicted molar refractivity (Wildman–Crippen MR) is 127 cm³/mol. The molecule has 0 spiro atoms. The number of hydrogen-bond acceptors (Lipinski definition) is 5. The summed E-state index contributed by atoms with van der Waals surface area (Å²) in [6, 6.07) is 16.3. The molecule has 3 fully saturated rings. The molecule has 0 saturated carbocycles. The van der Waals surface area contributed by atoms with Gasteiger partial charge in [-0.05, 0) is 62.0 Å². The monoisotopic (exact) mass is 465 g/mol. The molecule has 3 heterocycles. The third-order valence-corrected chi connectivity index (χ3v) is 7.70. The molecular formula is C26H32FN5O2. The summed E-state index contributed by atoms with van der Waals surface area (Å²) in [6.45, 7) is 5.72. The Labute approximate surface area is 199 Å². The van der Waals surface area contributed by atoms with Crippen LogP contribution in [-0.2, 0) is 11.3 Å². The van der Waals surface area contributed by atoms with Crippen LogP contribution in [-0.4, -0.2) is 53.5 Å². The highest BCUT2D eigenvalue weighted by atomic mass is 19.1. The average molecular weight is 466 g/mol. The van der Waals surface area contributed by atoms with Crippen molar-refractivity contribution in [1.82, 2.24) is 26.0 Å². The Bertz CT molecular complexity index is 1030. The summed E-state index contributed by atoms with van der Waals surface area (Å²) in [7, 11) is 0. The Hall–Kier alpha value is -2.81. The number of imide groups is 1. The van der Waals surface area contributed by atoms with E-state index in [0.717, 1.165) is 44.6 Å². The van der Waals surface area contributed by atoms with Crippen LogP contribution in [0.4, 0.5) is 9.18 Å². The van der Waals surface area contributed by atoms with Gasteiger partial charge in [-0.1, -0.05) is 42.5 Å². The second-order valence-corrected chi connectivity index (χ2v) is 9.90. The molecule has 0 radical (unpaired) electrons. The van der Waals surface area contributed by atoms with E-state index in [-0.39, 0.29) is 36.3 Å². The lowest BCUT2D eigenvalue weighted by Gasteiger charge is -2.40. The largest absolute Gasteiger partial charge is 0.325 e.